The van der Waals surface area contributed by atoms with Crippen LogP contribution in [0.15, 0.2) is 18.2 Å². The number of anilines is 2. The molecule has 3 nitrogen and oxygen atoms in total. The van der Waals surface area contributed by atoms with Crippen molar-refractivity contribution in [1.29, 1.82) is 0 Å². The number of hydrogen-bond acceptors (Lipinski definition) is 4. The molecule has 0 saturated heterocycles. The van der Waals surface area contributed by atoms with Gasteiger partial charge in [0.2, 0.25) is 0 Å². The summed E-state index contributed by atoms with van der Waals surface area (Å²) in [5.74, 6) is -0.000866. The summed E-state index contributed by atoms with van der Waals surface area (Å²) in [5.41, 5.74) is 7.79. The number of rotatable bonds is 5. The lowest BCUT2D eigenvalue weighted by Crippen LogP contribution is -2.13. The summed E-state index contributed by atoms with van der Waals surface area (Å²) in [6.07, 6.45) is 2.08. The second-order valence-corrected chi connectivity index (χ2v) is 5.06. The van der Waals surface area contributed by atoms with E-state index in [0.717, 1.165) is 12.2 Å². The fraction of sp³-hybridized carbons (Fsp3) is 0.417. The van der Waals surface area contributed by atoms with Gasteiger partial charge in [0.1, 0.15) is 0 Å². The lowest BCUT2D eigenvalue weighted by Gasteiger charge is -2.12. The molecule has 1 aromatic rings. The highest BCUT2D eigenvalue weighted by molar-refractivity contribution is 7.99. The number of carbonyl (C=O) groups excluding carboxylic acids is 1. The van der Waals surface area contributed by atoms with E-state index in [1.807, 2.05) is 12.1 Å². The minimum Gasteiger partial charge on any atom is -0.398 e. The summed E-state index contributed by atoms with van der Waals surface area (Å²) in [6, 6.07) is 5.47. The Morgan fingerprint density at radius 2 is 2.25 bits per heavy atom. The van der Waals surface area contributed by atoms with E-state index in [4.69, 9.17) is 5.73 Å². The standard InChI is InChI=1S/C12H18N2OS/c1-8(16-3)7-14-10-4-5-12(13)11(6-10)9(2)15/h4-6,8,14H,7,13H2,1-3H3. The molecule has 88 valence electrons. The van der Waals surface area contributed by atoms with Gasteiger partial charge in [-0.05, 0) is 31.4 Å². The summed E-state index contributed by atoms with van der Waals surface area (Å²) >= 11 is 1.80. The molecule has 1 atom stereocenters. The zero-order valence-corrected chi connectivity index (χ0v) is 10.7. The smallest absolute Gasteiger partial charge is 0.161 e. The molecule has 0 saturated carbocycles. The maximum atomic E-state index is 11.3. The summed E-state index contributed by atoms with van der Waals surface area (Å²) < 4.78 is 0. The van der Waals surface area contributed by atoms with Crippen LogP contribution < -0.4 is 11.1 Å². The number of nitrogens with two attached hydrogens (primary N) is 1. The molecular formula is C12H18N2OS. The van der Waals surface area contributed by atoms with Crippen LogP contribution in [-0.2, 0) is 0 Å². The van der Waals surface area contributed by atoms with E-state index in [0.29, 0.717) is 16.5 Å². The van der Waals surface area contributed by atoms with Crippen molar-refractivity contribution in [3.05, 3.63) is 23.8 Å². The van der Waals surface area contributed by atoms with Gasteiger partial charge in [-0.3, -0.25) is 4.79 Å². The zero-order chi connectivity index (χ0) is 12.1. The molecule has 1 rings (SSSR count). The predicted octanol–water partition coefficient (Wildman–Crippen LogP) is 2.63. The van der Waals surface area contributed by atoms with Crippen LogP contribution in [-0.4, -0.2) is 23.8 Å². The predicted molar refractivity (Wildman–Crippen MR) is 72.3 cm³/mol. The van der Waals surface area contributed by atoms with Gasteiger partial charge in [0.15, 0.2) is 5.78 Å². The first-order chi connectivity index (χ1) is 7.54. The quantitative estimate of drug-likeness (QED) is 0.611. The Morgan fingerprint density at radius 1 is 1.56 bits per heavy atom. The number of nitrogens with one attached hydrogen (secondary N) is 1. The van der Waals surface area contributed by atoms with Gasteiger partial charge in [-0.25, -0.2) is 0 Å². The molecule has 0 radical (unpaired) electrons. The summed E-state index contributed by atoms with van der Waals surface area (Å²) in [5, 5.41) is 3.83. The molecule has 16 heavy (non-hydrogen) atoms. The van der Waals surface area contributed by atoms with Crippen molar-refractivity contribution in [3.8, 4) is 0 Å². The lowest BCUT2D eigenvalue weighted by atomic mass is 10.1. The molecule has 0 spiro atoms. The van der Waals surface area contributed by atoms with E-state index in [1.165, 1.54) is 6.92 Å². The van der Waals surface area contributed by atoms with Crippen molar-refractivity contribution in [2.24, 2.45) is 0 Å². The molecule has 0 aromatic heterocycles. The maximum absolute atomic E-state index is 11.3. The van der Waals surface area contributed by atoms with Crippen LogP contribution in [0.5, 0.6) is 0 Å². The molecule has 0 aliphatic carbocycles. The van der Waals surface area contributed by atoms with Crippen LogP contribution in [0.3, 0.4) is 0 Å². The van der Waals surface area contributed by atoms with E-state index < -0.39 is 0 Å². The van der Waals surface area contributed by atoms with Gasteiger partial charge in [0.25, 0.3) is 0 Å². The molecule has 0 aliphatic heterocycles. The second kappa shape index (κ2) is 5.80. The average Bonchev–Trinajstić information content (AvgIpc) is 2.27. The monoisotopic (exact) mass is 238 g/mol. The Labute approximate surface area is 101 Å². The third-order valence-corrected chi connectivity index (χ3v) is 3.40. The summed E-state index contributed by atoms with van der Waals surface area (Å²) in [4.78, 5) is 11.3. The number of nitrogen functional groups attached to an aromatic ring is 1. The molecule has 0 amide bonds. The third kappa shape index (κ3) is 3.45. The van der Waals surface area contributed by atoms with Gasteiger partial charge in [-0.2, -0.15) is 11.8 Å². The molecule has 0 fully saturated rings. The third-order valence-electron chi connectivity index (χ3n) is 2.43. The molecule has 0 aliphatic rings. The number of carbonyl (C=O) groups is 1. The van der Waals surface area contributed by atoms with Crippen LogP contribution in [0.1, 0.15) is 24.2 Å². The molecule has 1 unspecified atom stereocenters. The molecule has 3 N–H and O–H groups in total. The van der Waals surface area contributed by atoms with Crippen LogP contribution in [0.4, 0.5) is 11.4 Å². The fourth-order valence-electron chi connectivity index (χ4n) is 1.32. The Balaban J connectivity index is 2.75. The summed E-state index contributed by atoms with van der Waals surface area (Å²) in [7, 11) is 0. The minimum absolute atomic E-state index is 0.000866. The molecule has 0 heterocycles. The van der Waals surface area contributed by atoms with E-state index >= 15 is 0 Å². The minimum atomic E-state index is -0.000866. The van der Waals surface area contributed by atoms with Crippen LogP contribution in [0.2, 0.25) is 0 Å². The highest BCUT2D eigenvalue weighted by atomic mass is 32.2. The van der Waals surface area contributed by atoms with Gasteiger partial charge < -0.3 is 11.1 Å². The topological polar surface area (TPSA) is 55.1 Å². The van der Waals surface area contributed by atoms with Gasteiger partial charge in [0, 0.05) is 28.7 Å². The van der Waals surface area contributed by atoms with Crippen molar-refractivity contribution >= 4 is 28.9 Å². The van der Waals surface area contributed by atoms with Gasteiger partial charge in [-0.1, -0.05) is 6.92 Å². The largest absolute Gasteiger partial charge is 0.398 e. The number of hydrogen-bond donors (Lipinski definition) is 2. The average molecular weight is 238 g/mol. The van der Waals surface area contributed by atoms with E-state index in [-0.39, 0.29) is 5.78 Å². The molecular weight excluding hydrogens is 220 g/mol. The molecule has 4 heteroatoms. The first kappa shape index (κ1) is 12.9. The first-order valence-electron chi connectivity index (χ1n) is 5.21. The van der Waals surface area contributed by atoms with Gasteiger partial charge in [-0.15, -0.1) is 0 Å². The van der Waals surface area contributed by atoms with Crippen molar-refractivity contribution in [2.75, 3.05) is 23.9 Å². The Morgan fingerprint density at radius 3 is 2.81 bits per heavy atom. The molecule has 1 aromatic carbocycles. The number of thioether (sulfide) groups is 1. The van der Waals surface area contributed by atoms with Crippen molar-refractivity contribution in [1.82, 2.24) is 0 Å². The number of ketones is 1. The van der Waals surface area contributed by atoms with E-state index in [2.05, 4.69) is 18.5 Å². The Hall–Kier alpha value is -1.16. The first-order valence-corrected chi connectivity index (χ1v) is 6.50. The number of Topliss-reactive ketones (excluding diaryl/α,β-unsaturated/α-hetero) is 1. The SMILES string of the molecule is CSC(C)CNc1ccc(N)c(C(C)=O)c1. The van der Waals surface area contributed by atoms with E-state index in [1.54, 1.807) is 17.8 Å². The second-order valence-electron chi connectivity index (χ2n) is 3.79. The Bertz CT molecular complexity index is 379. The maximum Gasteiger partial charge on any atom is 0.161 e. The number of benzene rings is 1. The van der Waals surface area contributed by atoms with Crippen molar-refractivity contribution in [3.63, 3.8) is 0 Å². The summed E-state index contributed by atoms with van der Waals surface area (Å²) in [6.45, 7) is 4.56. The van der Waals surface area contributed by atoms with Gasteiger partial charge >= 0.3 is 0 Å². The van der Waals surface area contributed by atoms with Gasteiger partial charge in [0.05, 0.1) is 0 Å². The van der Waals surface area contributed by atoms with Crippen molar-refractivity contribution in [2.45, 2.75) is 19.1 Å². The van der Waals surface area contributed by atoms with Crippen LogP contribution in [0, 0.1) is 0 Å². The zero-order valence-electron chi connectivity index (χ0n) is 9.91. The lowest BCUT2D eigenvalue weighted by molar-refractivity contribution is 0.101. The highest BCUT2D eigenvalue weighted by Crippen LogP contribution is 2.19. The normalized spacial score (nSPS) is 12.2. The van der Waals surface area contributed by atoms with E-state index in [9.17, 15) is 4.79 Å². The highest BCUT2D eigenvalue weighted by Gasteiger charge is 2.06. The Kier molecular flexibility index (Phi) is 4.68. The van der Waals surface area contributed by atoms with Crippen LogP contribution in [0.25, 0.3) is 0 Å². The van der Waals surface area contributed by atoms with Crippen molar-refractivity contribution < 1.29 is 4.79 Å². The van der Waals surface area contributed by atoms with Crippen LogP contribution >= 0.6 is 11.8 Å². The molecule has 0 bridgehead atoms. The fourth-order valence-corrected chi connectivity index (χ4v) is 1.57.